The molecule has 1 aliphatic carbocycles. The van der Waals surface area contributed by atoms with Gasteiger partial charge in [-0.25, -0.2) is 9.79 Å². The molecule has 0 spiro atoms. The van der Waals surface area contributed by atoms with Gasteiger partial charge in [-0.05, 0) is 6.08 Å². The number of ether oxygens (including phenoxy) is 1. The predicted octanol–water partition coefficient (Wildman–Crippen LogP) is 0.809. The molecule has 0 N–H and O–H groups in total. The number of esters is 1. The number of carbonyl (C=O) groups excluding carboxylic acids is 2. The Kier molecular flexibility index (Phi) is 2.33. The number of dihydropyridines is 1. The van der Waals surface area contributed by atoms with Crippen molar-refractivity contribution in [2.75, 3.05) is 7.11 Å². The molecule has 2 rings (SSSR count). The van der Waals surface area contributed by atoms with Gasteiger partial charge >= 0.3 is 5.97 Å². The minimum Gasteiger partial charge on any atom is -0.466 e. The van der Waals surface area contributed by atoms with Crippen LogP contribution in [0, 0.1) is 5.92 Å². The molecule has 0 saturated heterocycles. The molecular weight excluding hydrogens is 194 g/mol. The molecule has 0 bridgehead atoms. The molecule has 1 aliphatic heterocycles. The summed E-state index contributed by atoms with van der Waals surface area (Å²) in [5, 5.41) is 0. The monoisotopic (exact) mass is 203 g/mol. The minimum atomic E-state index is -0.485. The number of nitrogens with zero attached hydrogens (tertiary/aromatic N) is 1. The van der Waals surface area contributed by atoms with Crippen molar-refractivity contribution in [3.8, 4) is 0 Å². The molecule has 4 heteroatoms. The second kappa shape index (κ2) is 3.65. The molecule has 0 aromatic heterocycles. The summed E-state index contributed by atoms with van der Waals surface area (Å²) in [4.78, 5) is 26.5. The highest BCUT2D eigenvalue weighted by Crippen LogP contribution is 2.23. The van der Waals surface area contributed by atoms with Crippen molar-refractivity contribution in [1.82, 2.24) is 0 Å². The Hall–Kier alpha value is -1.97. The molecule has 15 heavy (non-hydrogen) atoms. The van der Waals surface area contributed by atoms with Crippen molar-refractivity contribution < 1.29 is 14.3 Å². The van der Waals surface area contributed by atoms with Crippen LogP contribution in [0.4, 0.5) is 0 Å². The average molecular weight is 203 g/mol. The summed E-state index contributed by atoms with van der Waals surface area (Å²) in [6, 6.07) is 0. The summed E-state index contributed by atoms with van der Waals surface area (Å²) in [6.07, 6.45) is 8.36. The van der Waals surface area contributed by atoms with E-state index in [1.165, 1.54) is 13.2 Å². The third kappa shape index (κ3) is 1.66. The molecule has 0 fully saturated rings. The van der Waals surface area contributed by atoms with Crippen molar-refractivity contribution in [2.24, 2.45) is 10.9 Å². The first-order valence-corrected chi connectivity index (χ1v) is 4.49. The van der Waals surface area contributed by atoms with Gasteiger partial charge in [0.25, 0.3) is 5.91 Å². The second-order valence-corrected chi connectivity index (χ2v) is 3.19. The third-order valence-corrected chi connectivity index (χ3v) is 2.27. The van der Waals surface area contributed by atoms with Crippen LogP contribution in [0.15, 0.2) is 40.9 Å². The molecule has 1 amide bonds. The van der Waals surface area contributed by atoms with E-state index in [4.69, 9.17) is 0 Å². The van der Waals surface area contributed by atoms with E-state index in [0.717, 1.165) is 0 Å². The molecule has 1 heterocycles. The Labute approximate surface area is 86.6 Å². The van der Waals surface area contributed by atoms with Crippen LogP contribution in [0.2, 0.25) is 0 Å². The van der Waals surface area contributed by atoms with E-state index in [1.807, 2.05) is 12.2 Å². The lowest BCUT2D eigenvalue weighted by molar-refractivity contribution is -0.136. The van der Waals surface area contributed by atoms with Crippen LogP contribution >= 0.6 is 0 Å². The quantitative estimate of drug-likeness (QED) is 0.592. The first-order valence-electron chi connectivity index (χ1n) is 4.49. The number of aliphatic imine (C=N–C) groups is 1. The smallest absolute Gasteiger partial charge is 0.334 e. The van der Waals surface area contributed by atoms with Gasteiger partial charge in [0.1, 0.15) is 0 Å². The summed E-state index contributed by atoms with van der Waals surface area (Å²) in [6.45, 7) is 0. The standard InChI is InChI=1S/C11H9NO3/c1-15-11(14)8-6-10(13)12-9-5-3-2-4-7(8)9/h2-7H,1H3. The van der Waals surface area contributed by atoms with E-state index >= 15 is 0 Å². The molecule has 0 aromatic carbocycles. The van der Waals surface area contributed by atoms with E-state index < -0.39 is 11.9 Å². The molecule has 1 atom stereocenters. The van der Waals surface area contributed by atoms with Gasteiger partial charge in [-0.2, -0.15) is 0 Å². The van der Waals surface area contributed by atoms with E-state index in [1.54, 1.807) is 12.2 Å². The van der Waals surface area contributed by atoms with Gasteiger partial charge in [0.15, 0.2) is 0 Å². The normalized spacial score (nSPS) is 23.0. The van der Waals surface area contributed by atoms with Crippen LogP contribution in [-0.2, 0) is 14.3 Å². The van der Waals surface area contributed by atoms with Gasteiger partial charge in [-0.3, -0.25) is 4.79 Å². The van der Waals surface area contributed by atoms with Gasteiger partial charge in [-0.15, -0.1) is 0 Å². The number of carbonyl (C=O) groups is 2. The lowest BCUT2D eigenvalue weighted by Gasteiger charge is -2.20. The zero-order valence-electron chi connectivity index (χ0n) is 8.14. The molecular formula is C11H9NO3. The number of amides is 1. The summed E-state index contributed by atoms with van der Waals surface area (Å²) >= 11 is 0. The van der Waals surface area contributed by atoms with E-state index in [0.29, 0.717) is 11.3 Å². The Morgan fingerprint density at radius 2 is 2.27 bits per heavy atom. The van der Waals surface area contributed by atoms with E-state index in [-0.39, 0.29) is 5.92 Å². The zero-order chi connectivity index (χ0) is 10.8. The molecule has 4 nitrogen and oxygen atoms in total. The Morgan fingerprint density at radius 3 is 3.00 bits per heavy atom. The lowest BCUT2D eigenvalue weighted by Crippen LogP contribution is -2.26. The van der Waals surface area contributed by atoms with Crippen molar-refractivity contribution in [3.63, 3.8) is 0 Å². The number of hydrogen-bond acceptors (Lipinski definition) is 3. The van der Waals surface area contributed by atoms with Crippen molar-refractivity contribution >= 4 is 17.6 Å². The Balaban J connectivity index is 2.40. The maximum absolute atomic E-state index is 11.4. The number of methoxy groups -OCH3 is 1. The topological polar surface area (TPSA) is 55.7 Å². The fraction of sp³-hybridized carbons (Fsp3) is 0.182. The summed E-state index contributed by atoms with van der Waals surface area (Å²) in [7, 11) is 1.29. The maximum Gasteiger partial charge on any atom is 0.334 e. The van der Waals surface area contributed by atoms with Gasteiger partial charge in [0, 0.05) is 6.08 Å². The second-order valence-electron chi connectivity index (χ2n) is 3.19. The molecule has 0 aromatic rings. The summed E-state index contributed by atoms with van der Waals surface area (Å²) in [5.74, 6) is -1.15. The molecule has 2 aliphatic rings. The van der Waals surface area contributed by atoms with Crippen molar-refractivity contribution in [2.45, 2.75) is 0 Å². The third-order valence-electron chi connectivity index (χ3n) is 2.27. The lowest BCUT2D eigenvalue weighted by atomic mass is 9.88. The van der Waals surface area contributed by atoms with Crippen LogP contribution < -0.4 is 0 Å². The fourth-order valence-electron chi connectivity index (χ4n) is 1.59. The van der Waals surface area contributed by atoms with E-state index in [9.17, 15) is 9.59 Å². The first-order chi connectivity index (χ1) is 7.22. The molecule has 76 valence electrons. The highest BCUT2D eigenvalue weighted by atomic mass is 16.5. The number of hydrogen-bond donors (Lipinski definition) is 0. The van der Waals surface area contributed by atoms with Crippen LogP contribution in [0.1, 0.15) is 0 Å². The average Bonchev–Trinajstić information content (AvgIpc) is 2.26. The van der Waals surface area contributed by atoms with Crippen LogP contribution in [-0.4, -0.2) is 24.7 Å². The van der Waals surface area contributed by atoms with Crippen molar-refractivity contribution in [1.29, 1.82) is 0 Å². The van der Waals surface area contributed by atoms with Crippen LogP contribution in [0.25, 0.3) is 0 Å². The minimum absolute atomic E-state index is 0.250. The molecule has 1 unspecified atom stereocenters. The summed E-state index contributed by atoms with van der Waals surface area (Å²) in [5.41, 5.74) is 0.929. The highest BCUT2D eigenvalue weighted by molar-refractivity contribution is 6.17. The Bertz CT molecular complexity index is 441. The number of rotatable bonds is 1. The largest absolute Gasteiger partial charge is 0.466 e. The zero-order valence-corrected chi connectivity index (χ0v) is 8.14. The molecule has 0 radical (unpaired) electrons. The number of fused-ring (bicyclic) bond motifs is 1. The van der Waals surface area contributed by atoms with Crippen LogP contribution in [0.3, 0.4) is 0 Å². The number of allylic oxidation sites excluding steroid dienone is 4. The summed E-state index contributed by atoms with van der Waals surface area (Å²) < 4.78 is 4.61. The van der Waals surface area contributed by atoms with Crippen LogP contribution in [0.5, 0.6) is 0 Å². The molecule has 0 saturated carbocycles. The van der Waals surface area contributed by atoms with Gasteiger partial charge in [0.05, 0.1) is 24.3 Å². The van der Waals surface area contributed by atoms with Gasteiger partial charge < -0.3 is 4.74 Å². The van der Waals surface area contributed by atoms with Gasteiger partial charge in [0.2, 0.25) is 0 Å². The van der Waals surface area contributed by atoms with E-state index in [2.05, 4.69) is 9.73 Å². The predicted molar refractivity (Wildman–Crippen MR) is 54.3 cm³/mol. The van der Waals surface area contributed by atoms with Crippen molar-refractivity contribution in [3.05, 3.63) is 36.0 Å². The SMILES string of the molecule is COC(=O)C1=CC(=O)N=C2C=CC=CC12. The fourth-order valence-corrected chi connectivity index (χ4v) is 1.59. The van der Waals surface area contributed by atoms with Gasteiger partial charge in [-0.1, -0.05) is 18.2 Å². The highest BCUT2D eigenvalue weighted by Gasteiger charge is 2.28. The Morgan fingerprint density at radius 1 is 1.47 bits per heavy atom. The first kappa shape index (κ1) is 9.58. The maximum atomic E-state index is 11.4.